The second-order valence-corrected chi connectivity index (χ2v) is 6.35. The van der Waals surface area contributed by atoms with E-state index in [1.165, 1.54) is 22.5 Å². The van der Waals surface area contributed by atoms with Gasteiger partial charge in [-0.1, -0.05) is 18.2 Å². The first-order valence-electron chi connectivity index (χ1n) is 8.17. The zero-order chi connectivity index (χ0) is 16.7. The molecule has 3 nitrogen and oxygen atoms in total. The molecular weight excluding hydrogens is 301 g/mol. The molecule has 0 bridgehead atoms. The number of nitrogens with two attached hydrogens (primary N) is 1. The molecule has 4 rings (SSSR count). The number of halogens is 1. The number of aromatic amines is 1. The van der Waals surface area contributed by atoms with Gasteiger partial charge >= 0.3 is 0 Å². The number of H-pyrrole nitrogens is 1. The number of aryl methyl sites for hydroxylation is 1. The molecule has 0 aliphatic rings. The summed E-state index contributed by atoms with van der Waals surface area (Å²) in [7, 11) is 2.06. The first kappa shape index (κ1) is 15.0. The van der Waals surface area contributed by atoms with Crippen LogP contribution in [0.2, 0.25) is 0 Å². The van der Waals surface area contributed by atoms with Crippen molar-refractivity contribution in [1.29, 1.82) is 0 Å². The van der Waals surface area contributed by atoms with Crippen molar-refractivity contribution in [3.05, 3.63) is 71.8 Å². The Hall–Kier alpha value is -2.59. The van der Waals surface area contributed by atoms with E-state index >= 15 is 0 Å². The maximum Gasteiger partial charge on any atom is 0.123 e. The Morgan fingerprint density at radius 2 is 2.00 bits per heavy atom. The Labute approximate surface area is 139 Å². The van der Waals surface area contributed by atoms with Crippen molar-refractivity contribution in [3.8, 4) is 0 Å². The highest BCUT2D eigenvalue weighted by molar-refractivity contribution is 5.85. The van der Waals surface area contributed by atoms with Crippen molar-refractivity contribution in [3.63, 3.8) is 0 Å². The molecule has 4 aromatic rings. The predicted molar refractivity (Wildman–Crippen MR) is 96.7 cm³/mol. The van der Waals surface area contributed by atoms with E-state index in [1.54, 1.807) is 12.1 Å². The molecule has 0 aliphatic carbocycles. The van der Waals surface area contributed by atoms with E-state index < -0.39 is 0 Å². The summed E-state index contributed by atoms with van der Waals surface area (Å²) in [5.74, 6) is -0.0735. The molecule has 0 spiro atoms. The fraction of sp³-hybridized carbons (Fsp3) is 0.200. The number of nitrogens with one attached hydrogen (secondary N) is 1. The van der Waals surface area contributed by atoms with E-state index in [0.29, 0.717) is 6.54 Å². The van der Waals surface area contributed by atoms with E-state index in [4.69, 9.17) is 5.73 Å². The van der Waals surface area contributed by atoms with Crippen LogP contribution in [0.4, 0.5) is 4.39 Å². The maximum absolute atomic E-state index is 13.7. The fourth-order valence-corrected chi connectivity index (χ4v) is 3.63. The quantitative estimate of drug-likeness (QED) is 0.584. The number of rotatable bonds is 4. The molecule has 122 valence electrons. The molecule has 2 aromatic heterocycles. The van der Waals surface area contributed by atoms with E-state index in [1.807, 2.05) is 6.20 Å². The Bertz CT molecular complexity index is 1010. The minimum atomic E-state index is -0.218. The molecule has 0 saturated carbocycles. The molecule has 3 N–H and O–H groups in total. The lowest BCUT2D eigenvalue weighted by Gasteiger charge is -2.14. The Morgan fingerprint density at radius 1 is 1.17 bits per heavy atom. The monoisotopic (exact) mass is 321 g/mol. The number of nitrogens with zero attached hydrogens (tertiary/aromatic N) is 1. The van der Waals surface area contributed by atoms with Gasteiger partial charge in [0.05, 0.1) is 0 Å². The van der Waals surface area contributed by atoms with Crippen LogP contribution in [-0.2, 0) is 13.5 Å². The van der Waals surface area contributed by atoms with Gasteiger partial charge in [-0.05, 0) is 48.4 Å². The van der Waals surface area contributed by atoms with E-state index in [-0.39, 0.29) is 11.7 Å². The normalized spacial score (nSPS) is 13.0. The molecule has 0 fully saturated rings. The average molecular weight is 321 g/mol. The summed E-state index contributed by atoms with van der Waals surface area (Å²) >= 11 is 0. The minimum Gasteiger partial charge on any atom is -0.361 e. The maximum atomic E-state index is 13.7. The molecule has 0 amide bonds. The van der Waals surface area contributed by atoms with Crippen molar-refractivity contribution in [2.24, 2.45) is 12.8 Å². The van der Waals surface area contributed by atoms with E-state index in [0.717, 1.165) is 22.9 Å². The van der Waals surface area contributed by atoms with Gasteiger partial charge in [-0.15, -0.1) is 0 Å². The fourth-order valence-electron chi connectivity index (χ4n) is 3.63. The van der Waals surface area contributed by atoms with E-state index in [2.05, 4.69) is 47.1 Å². The van der Waals surface area contributed by atoms with Crippen LogP contribution < -0.4 is 5.73 Å². The summed E-state index contributed by atoms with van der Waals surface area (Å²) in [6.07, 6.45) is 4.97. The average Bonchev–Trinajstić information content (AvgIpc) is 3.14. The molecule has 2 aromatic carbocycles. The largest absolute Gasteiger partial charge is 0.361 e. The van der Waals surface area contributed by atoms with Gasteiger partial charge in [-0.2, -0.15) is 0 Å². The highest BCUT2D eigenvalue weighted by Crippen LogP contribution is 2.31. The van der Waals surface area contributed by atoms with Crippen molar-refractivity contribution in [1.82, 2.24) is 9.55 Å². The van der Waals surface area contributed by atoms with Gasteiger partial charge in [0.25, 0.3) is 0 Å². The molecule has 0 aliphatic heterocycles. The summed E-state index contributed by atoms with van der Waals surface area (Å²) in [4.78, 5) is 3.23. The van der Waals surface area contributed by atoms with Crippen molar-refractivity contribution in [2.45, 2.75) is 12.3 Å². The third kappa shape index (κ3) is 2.39. The smallest absolute Gasteiger partial charge is 0.123 e. The Kier molecular flexibility index (Phi) is 3.62. The third-order valence-electron chi connectivity index (χ3n) is 4.85. The SMILES string of the molecule is Cn1cc(CC(CN)c2c[nH]c3ccc(F)cc23)c2ccccc21. The molecule has 0 radical (unpaired) electrons. The second kappa shape index (κ2) is 5.80. The Balaban J connectivity index is 1.76. The predicted octanol–water partition coefficient (Wildman–Crippen LogP) is 4.08. The second-order valence-electron chi connectivity index (χ2n) is 6.35. The standard InChI is InChI=1S/C20H20FN3/c1-24-12-14(16-4-2-3-5-20(16)24)8-13(10-22)18-11-23-19-7-6-15(21)9-17(18)19/h2-7,9,11-13,23H,8,10,22H2,1H3. The van der Waals surface area contributed by atoms with Crippen LogP contribution in [0.1, 0.15) is 17.0 Å². The lowest BCUT2D eigenvalue weighted by atomic mass is 9.91. The molecule has 2 heterocycles. The van der Waals surface area contributed by atoms with Gasteiger partial charge in [0.15, 0.2) is 0 Å². The van der Waals surface area contributed by atoms with Gasteiger partial charge in [0.1, 0.15) is 5.82 Å². The zero-order valence-corrected chi connectivity index (χ0v) is 13.6. The number of benzene rings is 2. The topological polar surface area (TPSA) is 46.7 Å². The van der Waals surface area contributed by atoms with Gasteiger partial charge in [0.2, 0.25) is 0 Å². The van der Waals surface area contributed by atoms with Gasteiger partial charge < -0.3 is 15.3 Å². The molecule has 1 atom stereocenters. The third-order valence-corrected chi connectivity index (χ3v) is 4.85. The van der Waals surface area contributed by atoms with Crippen LogP contribution >= 0.6 is 0 Å². The van der Waals surface area contributed by atoms with Crippen LogP contribution in [0.25, 0.3) is 21.8 Å². The van der Waals surface area contributed by atoms with Crippen molar-refractivity contribution < 1.29 is 4.39 Å². The summed E-state index contributed by atoms with van der Waals surface area (Å²) in [6.45, 7) is 0.521. The highest BCUT2D eigenvalue weighted by Gasteiger charge is 2.18. The van der Waals surface area contributed by atoms with Gasteiger partial charge in [0, 0.05) is 47.2 Å². The molecule has 1 unspecified atom stereocenters. The molecular formula is C20H20FN3. The van der Waals surface area contributed by atoms with Gasteiger partial charge in [-0.3, -0.25) is 0 Å². The summed E-state index contributed by atoms with van der Waals surface area (Å²) < 4.78 is 15.8. The molecule has 24 heavy (non-hydrogen) atoms. The lowest BCUT2D eigenvalue weighted by Crippen LogP contribution is -2.14. The summed E-state index contributed by atoms with van der Waals surface area (Å²) in [5.41, 5.74) is 10.6. The molecule has 4 heteroatoms. The van der Waals surface area contributed by atoms with Crippen LogP contribution in [-0.4, -0.2) is 16.1 Å². The number of fused-ring (bicyclic) bond motifs is 2. The number of hydrogen-bond acceptors (Lipinski definition) is 1. The Morgan fingerprint density at radius 3 is 2.83 bits per heavy atom. The summed E-state index contributed by atoms with van der Waals surface area (Å²) in [6, 6.07) is 13.2. The van der Waals surface area contributed by atoms with Crippen LogP contribution in [0, 0.1) is 5.82 Å². The number of aromatic nitrogens is 2. The lowest BCUT2D eigenvalue weighted by molar-refractivity contribution is 0.629. The summed E-state index contributed by atoms with van der Waals surface area (Å²) in [5, 5.41) is 2.18. The first-order chi connectivity index (χ1) is 11.7. The van der Waals surface area contributed by atoms with Crippen LogP contribution in [0.15, 0.2) is 54.9 Å². The van der Waals surface area contributed by atoms with Crippen molar-refractivity contribution >= 4 is 21.8 Å². The number of para-hydroxylation sites is 1. The van der Waals surface area contributed by atoms with Crippen LogP contribution in [0.5, 0.6) is 0 Å². The van der Waals surface area contributed by atoms with Gasteiger partial charge in [-0.25, -0.2) is 4.39 Å². The number of hydrogen-bond donors (Lipinski definition) is 2. The van der Waals surface area contributed by atoms with Crippen molar-refractivity contribution in [2.75, 3.05) is 6.54 Å². The van der Waals surface area contributed by atoms with E-state index in [9.17, 15) is 4.39 Å². The minimum absolute atomic E-state index is 0.145. The zero-order valence-electron chi connectivity index (χ0n) is 13.6. The highest BCUT2D eigenvalue weighted by atomic mass is 19.1. The van der Waals surface area contributed by atoms with Crippen LogP contribution in [0.3, 0.4) is 0 Å². The first-order valence-corrected chi connectivity index (χ1v) is 8.17. The molecule has 0 saturated heterocycles.